The Kier molecular flexibility index (Phi) is 3.57. The summed E-state index contributed by atoms with van der Waals surface area (Å²) in [5.74, 6) is -0.197. The van der Waals surface area contributed by atoms with E-state index in [1.54, 1.807) is 12.1 Å². The summed E-state index contributed by atoms with van der Waals surface area (Å²) in [6, 6.07) is 11.9. The molecule has 0 amide bonds. The lowest BCUT2D eigenvalue weighted by Crippen LogP contribution is -2.17. The second-order valence-electron chi connectivity index (χ2n) is 4.80. The molecule has 2 aromatic carbocycles. The fourth-order valence-corrected chi connectivity index (χ4v) is 3.00. The molecule has 1 aliphatic heterocycles. The van der Waals surface area contributed by atoms with E-state index in [0.717, 1.165) is 27.7 Å². The van der Waals surface area contributed by atoms with Gasteiger partial charge in [0.15, 0.2) is 0 Å². The van der Waals surface area contributed by atoms with Crippen LogP contribution >= 0.6 is 15.9 Å². The van der Waals surface area contributed by atoms with E-state index in [9.17, 15) is 13.2 Å². The molecule has 1 aliphatic rings. The normalized spacial score (nSPS) is 17.2. The summed E-state index contributed by atoms with van der Waals surface area (Å²) in [6.45, 7) is 0. The highest BCUT2D eigenvalue weighted by atomic mass is 79.9. The van der Waals surface area contributed by atoms with E-state index >= 15 is 0 Å². The van der Waals surface area contributed by atoms with Crippen molar-refractivity contribution in [2.45, 2.75) is 18.8 Å². The summed E-state index contributed by atoms with van der Waals surface area (Å²) in [7, 11) is 0. The Bertz CT molecular complexity index is 672. The molecule has 2 aromatic rings. The maximum absolute atomic E-state index is 12.3. The summed E-state index contributed by atoms with van der Waals surface area (Å²) in [5.41, 5.74) is 2.89. The maximum Gasteiger partial charge on any atom is 0.573 e. The number of halogens is 4. The van der Waals surface area contributed by atoms with Gasteiger partial charge in [-0.05, 0) is 51.7 Å². The van der Waals surface area contributed by atoms with Gasteiger partial charge < -0.3 is 10.1 Å². The molecule has 2 nitrogen and oxygen atoms in total. The summed E-state index contributed by atoms with van der Waals surface area (Å²) in [5, 5.41) is 3.33. The zero-order valence-electron chi connectivity index (χ0n) is 10.7. The second-order valence-corrected chi connectivity index (χ2v) is 5.65. The highest BCUT2D eigenvalue weighted by molar-refractivity contribution is 9.10. The van der Waals surface area contributed by atoms with E-state index in [-0.39, 0.29) is 11.8 Å². The molecule has 1 atom stereocenters. The van der Waals surface area contributed by atoms with Gasteiger partial charge in [0.05, 0.1) is 11.7 Å². The summed E-state index contributed by atoms with van der Waals surface area (Å²) < 4.78 is 41.7. The molecular weight excluding hydrogens is 347 g/mol. The van der Waals surface area contributed by atoms with Crippen molar-refractivity contribution < 1.29 is 17.9 Å². The third-order valence-electron chi connectivity index (χ3n) is 3.34. The SMILES string of the molecule is FC(F)(F)Oc1cccc(C2Cc3cccc(Br)c3N2)c1. The van der Waals surface area contributed by atoms with Gasteiger partial charge >= 0.3 is 6.36 Å². The lowest BCUT2D eigenvalue weighted by molar-refractivity contribution is -0.274. The number of hydrogen-bond acceptors (Lipinski definition) is 2. The van der Waals surface area contributed by atoms with Crippen molar-refractivity contribution in [1.29, 1.82) is 0 Å². The third-order valence-corrected chi connectivity index (χ3v) is 4.00. The molecule has 0 aromatic heterocycles. The molecule has 110 valence electrons. The molecule has 0 spiro atoms. The van der Waals surface area contributed by atoms with Gasteiger partial charge in [-0.3, -0.25) is 0 Å². The molecule has 1 heterocycles. The smallest absolute Gasteiger partial charge is 0.406 e. The molecule has 0 fully saturated rings. The van der Waals surface area contributed by atoms with Crippen LogP contribution in [-0.4, -0.2) is 6.36 Å². The van der Waals surface area contributed by atoms with Gasteiger partial charge in [-0.15, -0.1) is 13.2 Å². The number of hydrogen-bond donors (Lipinski definition) is 1. The Morgan fingerprint density at radius 1 is 1.14 bits per heavy atom. The first-order valence-electron chi connectivity index (χ1n) is 6.32. The lowest BCUT2D eigenvalue weighted by Gasteiger charge is -2.14. The van der Waals surface area contributed by atoms with Gasteiger partial charge in [0, 0.05) is 4.47 Å². The Morgan fingerprint density at radius 3 is 2.62 bits per heavy atom. The minimum absolute atomic E-state index is 0.0597. The predicted molar refractivity (Wildman–Crippen MR) is 77.3 cm³/mol. The number of anilines is 1. The van der Waals surface area contributed by atoms with Gasteiger partial charge in [-0.1, -0.05) is 24.3 Å². The Balaban J connectivity index is 1.84. The topological polar surface area (TPSA) is 21.3 Å². The summed E-state index contributed by atoms with van der Waals surface area (Å²) >= 11 is 3.47. The van der Waals surface area contributed by atoms with Crippen molar-refractivity contribution in [3.63, 3.8) is 0 Å². The summed E-state index contributed by atoms with van der Waals surface area (Å²) in [6.07, 6.45) is -3.95. The first kappa shape index (κ1) is 14.3. The number of benzene rings is 2. The van der Waals surface area contributed by atoms with E-state index in [0.29, 0.717) is 0 Å². The molecule has 21 heavy (non-hydrogen) atoms. The third kappa shape index (κ3) is 3.15. The van der Waals surface area contributed by atoms with E-state index < -0.39 is 6.36 Å². The molecule has 6 heteroatoms. The zero-order chi connectivity index (χ0) is 15.0. The molecule has 0 radical (unpaired) electrons. The molecular formula is C15H11BrF3NO. The summed E-state index contributed by atoms with van der Waals surface area (Å²) in [4.78, 5) is 0. The number of fused-ring (bicyclic) bond motifs is 1. The van der Waals surface area contributed by atoms with Crippen LogP contribution in [0, 0.1) is 0 Å². The molecule has 0 saturated carbocycles. The van der Waals surface area contributed by atoms with Crippen molar-refractivity contribution in [2.24, 2.45) is 0 Å². The van der Waals surface area contributed by atoms with Crippen LogP contribution < -0.4 is 10.1 Å². The minimum Gasteiger partial charge on any atom is -0.406 e. The standard InChI is InChI=1S/C15H11BrF3NO/c16-12-6-2-4-10-8-13(20-14(10)12)9-3-1-5-11(7-9)21-15(17,18)19/h1-7,13,20H,8H2. The average molecular weight is 358 g/mol. The number of nitrogens with one attached hydrogen (secondary N) is 1. The number of para-hydroxylation sites is 1. The van der Waals surface area contributed by atoms with Crippen molar-refractivity contribution in [1.82, 2.24) is 0 Å². The predicted octanol–water partition coefficient (Wildman–Crippen LogP) is 5.06. The van der Waals surface area contributed by atoms with Gasteiger partial charge in [0.2, 0.25) is 0 Å². The molecule has 3 rings (SSSR count). The zero-order valence-corrected chi connectivity index (χ0v) is 12.3. The monoisotopic (exact) mass is 357 g/mol. The van der Waals surface area contributed by atoms with Crippen molar-refractivity contribution >= 4 is 21.6 Å². The van der Waals surface area contributed by atoms with E-state index in [1.807, 2.05) is 18.2 Å². The fourth-order valence-electron chi connectivity index (χ4n) is 2.48. The van der Waals surface area contributed by atoms with Gasteiger partial charge in [-0.25, -0.2) is 0 Å². The highest BCUT2D eigenvalue weighted by Crippen LogP contribution is 2.39. The first-order chi connectivity index (χ1) is 9.92. The average Bonchev–Trinajstić information content (AvgIpc) is 2.82. The molecule has 1 N–H and O–H groups in total. The van der Waals surface area contributed by atoms with Crippen LogP contribution in [0.15, 0.2) is 46.9 Å². The largest absolute Gasteiger partial charge is 0.573 e. The van der Waals surface area contributed by atoms with Crippen LogP contribution in [0.25, 0.3) is 0 Å². The first-order valence-corrected chi connectivity index (χ1v) is 7.11. The van der Waals surface area contributed by atoms with Crippen LogP contribution in [0.3, 0.4) is 0 Å². The Hall–Kier alpha value is -1.69. The highest BCUT2D eigenvalue weighted by Gasteiger charge is 2.31. The number of ether oxygens (including phenoxy) is 1. The fraction of sp³-hybridized carbons (Fsp3) is 0.200. The quantitative estimate of drug-likeness (QED) is 0.811. The van der Waals surface area contributed by atoms with Gasteiger partial charge in [-0.2, -0.15) is 0 Å². The van der Waals surface area contributed by atoms with E-state index in [4.69, 9.17) is 0 Å². The molecule has 0 saturated heterocycles. The molecule has 1 unspecified atom stereocenters. The molecule has 0 aliphatic carbocycles. The van der Waals surface area contributed by atoms with Crippen molar-refractivity contribution in [3.8, 4) is 5.75 Å². The van der Waals surface area contributed by atoms with Crippen LogP contribution in [0.1, 0.15) is 17.2 Å². The van der Waals surface area contributed by atoms with Gasteiger partial charge in [0.25, 0.3) is 0 Å². The molecule has 0 bridgehead atoms. The van der Waals surface area contributed by atoms with Crippen LogP contribution in [-0.2, 0) is 6.42 Å². The van der Waals surface area contributed by atoms with Crippen LogP contribution in [0.2, 0.25) is 0 Å². The van der Waals surface area contributed by atoms with E-state index in [1.165, 1.54) is 12.1 Å². The maximum atomic E-state index is 12.3. The Morgan fingerprint density at radius 2 is 1.90 bits per heavy atom. The number of rotatable bonds is 2. The van der Waals surface area contributed by atoms with Gasteiger partial charge in [0.1, 0.15) is 5.75 Å². The van der Waals surface area contributed by atoms with Crippen molar-refractivity contribution in [2.75, 3.05) is 5.32 Å². The number of alkyl halides is 3. The van der Waals surface area contributed by atoms with Crippen LogP contribution in [0.4, 0.5) is 18.9 Å². The van der Waals surface area contributed by atoms with Crippen LogP contribution in [0.5, 0.6) is 5.75 Å². The second kappa shape index (κ2) is 5.26. The van der Waals surface area contributed by atoms with Crippen molar-refractivity contribution in [3.05, 3.63) is 58.1 Å². The van der Waals surface area contributed by atoms with E-state index in [2.05, 4.69) is 26.0 Å². The lowest BCUT2D eigenvalue weighted by atomic mass is 10.0. The minimum atomic E-state index is -4.67. The Labute approximate surface area is 128 Å².